The highest BCUT2D eigenvalue weighted by atomic mass is 14.9. The highest BCUT2D eigenvalue weighted by Crippen LogP contribution is 2.22. The van der Waals surface area contributed by atoms with Crippen molar-refractivity contribution < 1.29 is 0 Å². The van der Waals surface area contributed by atoms with Gasteiger partial charge in [0, 0.05) is 12.2 Å². The molecule has 0 aliphatic heterocycles. The number of rotatable bonds is 12. The molecule has 0 spiro atoms. The number of aryl methyl sites for hydroxylation is 2. The molecule has 0 aromatic heterocycles. The third-order valence-corrected chi connectivity index (χ3v) is 4.33. The molecule has 0 unspecified atom stereocenters. The van der Waals surface area contributed by atoms with Gasteiger partial charge in [-0.3, -0.25) is 0 Å². The second-order valence-electron chi connectivity index (χ2n) is 6.06. The lowest BCUT2D eigenvalue weighted by molar-refractivity contribution is 0.581. The summed E-state index contributed by atoms with van der Waals surface area (Å²) in [6.07, 6.45) is 13.4. The molecule has 0 atom stereocenters. The zero-order valence-corrected chi connectivity index (χ0v) is 14.5. The Morgan fingerprint density at radius 3 is 1.76 bits per heavy atom. The number of para-hydroxylation sites is 1. The van der Waals surface area contributed by atoms with Gasteiger partial charge in [0.2, 0.25) is 0 Å². The smallest absolute Gasteiger partial charge is 0.0405 e. The molecule has 0 heterocycles. The van der Waals surface area contributed by atoms with Gasteiger partial charge in [0.15, 0.2) is 0 Å². The van der Waals surface area contributed by atoms with Crippen LogP contribution in [0.5, 0.6) is 0 Å². The SMILES string of the molecule is CCCCCCCCCCNc1c(CC)cccc1CC. The molecular weight excluding hydrogens is 254 g/mol. The van der Waals surface area contributed by atoms with Crippen molar-refractivity contribution in [1.29, 1.82) is 0 Å². The molecular formula is C20H35N. The Bertz CT molecular complexity index is 348. The third kappa shape index (κ3) is 7.02. The normalized spacial score (nSPS) is 10.8. The third-order valence-electron chi connectivity index (χ3n) is 4.33. The van der Waals surface area contributed by atoms with Crippen LogP contribution in [0.1, 0.15) is 83.3 Å². The maximum Gasteiger partial charge on any atom is 0.0405 e. The van der Waals surface area contributed by atoms with E-state index in [-0.39, 0.29) is 0 Å². The summed E-state index contributed by atoms with van der Waals surface area (Å²) in [5, 5.41) is 3.69. The minimum Gasteiger partial charge on any atom is -0.385 e. The molecule has 0 saturated carbocycles. The molecule has 0 radical (unpaired) electrons. The first-order valence-corrected chi connectivity index (χ1v) is 9.18. The van der Waals surface area contributed by atoms with Gasteiger partial charge in [-0.05, 0) is 30.4 Å². The molecule has 1 rings (SSSR count). The van der Waals surface area contributed by atoms with Gasteiger partial charge in [-0.1, -0.05) is 83.9 Å². The van der Waals surface area contributed by atoms with Crippen LogP contribution in [0.25, 0.3) is 0 Å². The van der Waals surface area contributed by atoms with Crippen molar-refractivity contribution in [3.8, 4) is 0 Å². The van der Waals surface area contributed by atoms with Crippen LogP contribution in [0.3, 0.4) is 0 Å². The molecule has 1 aromatic carbocycles. The average molecular weight is 290 g/mol. The molecule has 0 fully saturated rings. The predicted molar refractivity (Wildman–Crippen MR) is 96.3 cm³/mol. The molecule has 0 aliphatic rings. The van der Waals surface area contributed by atoms with Crippen LogP contribution in [-0.4, -0.2) is 6.54 Å². The van der Waals surface area contributed by atoms with E-state index in [1.807, 2.05) is 0 Å². The number of benzene rings is 1. The second kappa shape index (κ2) is 11.7. The lowest BCUT2D eigenvalue weighted by Crippen LogP contribution is -2.06. The Balaban J connectivity index is 2.20. The summed E-state index contributed by atoms with van der Waals surface area (Å²) in [7, 11) is 0. The van der Waals surface area contributed by atoms with Crippen molar-refractivity contribution in [1.82, 2.24) is 0 Å². The summed E-state index contributed by atoms with van der Waals surface area (Å²) in [4.78, 5) is 0. The van der Waals surface area contributed by atoms with Crippen molar-refractivity contribution in [2.75, 3.05) is 11.9 Å². The largest absolute Gasteiger partial charge is 0.385 e. The van der Waals surface area contributed by atoms with Crippen molar-refractivity contribution in [3.63, 3.8) is 0 Å². The Kier molecular flexibility index (Phi) is 10.0. The first-order chi connectivity index (χ1) is 10.3. The fourth-order valence-corrected chi connectivity index (χ4v) is 2.94. The van der Waals surface area contributed by atoms with E-state index in [2.05, 4.69) is 44.3 Å². The van der Waals surface area contributed by atoms with Crippen LogP contribution in [0, 0.1) is 0 Å². The number of hydrogen-bond donors (Lipinski definition) is 1. The van der Waals surface area contributed by atoms with Gasteiger partial charge in [0.05, 0.1) is 0 Å². The van der Waals surface area contributed by atoms with E-state index >= 15 is 0 Å². The lowest BCUT2D eigenvalue weighted by atomic mass is 10.0. The van der Waals surface area contributed by atoms with Crippen molar-refractivity contribution in [2.24, 2.45) is 0 Å². The Morgan fingerprint density at radius 2 is 1.24 bits per heavy atom. The molecule has 0 saturated heterocycles. The van der Waals surface area contributed by atoms with Gasteiger partial charge < -0.3 is 5.32 Å². The molecule has 21 heavy (non-hydrogen) atoms. The van der Waals surface area contributed by atoms with Crippen LogP contribution in [0.2, 0.25) is 0 Å². The van der Waals surface area contributed by atoms with Crippen LogP contribution in [0.15, 0.2) is 18.2 Å². The van der Waals surface area contributed by atoms with Crippen molar-refractivity contribution in [3.05, 3.63) is 29.3 Å². The van der Waals surface area contributed by atoms with Gasteiger partial charge >= 0.3 is 0 Å². The zero-order valence-electron chi connectivity index (χ0n) is 14.5. The van der Waals surface area contributed by atoms with E-state index < -0.39 is 0 Å². The van der Waals surface area contributed by atoms with E-state index in [1.165, 1.54) is 68.2 Å². The molecule has 1 N–H and O–H groups in total. The number of anilines is 1. The molecule has 0 bridgehead atoms. The Hall–Kier alpha value is -0.980. The van der Waals surface area contributed by atoms with Crippen LogP contribution >= 0.6 is 0 Å². The summed E-state index contributed by atoms with van der Waals surface area (Å²) >= 11 is 0. The summed E-state index contributed by atoms with van der Waals surface area (Å²) in [6.45, 7) is 7.90. The highest BCUT2D eigenvalue weighted by Gasteiger charge is 2.04. The highest BCUT2D eigenvalue weighted by molar-refractivity contribution is 5.57. The topological polar surface area (TPSA) is 12.0 Å². The maximum absolute atomic E-state index is 3.69. The van der Waals surface area contributed by atoms with E-state index in [0.717, 1.165) is 19.4 Å². The van der Waals surface area contributed by atoms with E-state index in [9.17, 15) is 0 Å². The van der Waals surface area contributed by atoms with Crippen LogP contribution in [-0.2, 0) is 12.8 Å². The van der Waals surface area contributed by atoms with Gasteiger partial charge in [0.25, 0.3) is 0 Å². The van der Waals surface area contributed by atoms with Crippen molar-refractivity contribution >= 4 is 5.69 Å². The predicted octanol–water partition coefficient (Wildman–Crippen LogP) is 6.36. The minimum absolute atomic E-state index is 1.12. The van der Waals surface area contributed by atoms with Gasteiger partial charge in [-0.25, -0.2) is 0 Å². The summed E-state index contributed by atoms with van der Waals surface area (Å²) in [5.41, 5.74) is 4.34. The molecule has 1 heteroatoms. The number of hydrogen-bond acceptors (Lipinski definition) is 1. The molecule has 0 aliphatic carbocycles. The Morgan fingerprint density at radius 1 is 0.714 bits per heavy atom. The standard InChI is InChI=1S/C20H35N/c1-4-7-8-9-10-11-12-13-17-21-20-18(5-2)15-14-16-19(20)6-3/h14-16,21H,4-13,17H2,1-3H3. The number of nitrogens with one attached hydrogen (secondary N) is 1. The Labute approximate surface area is 132 Å². The lowest BCUT2D eigenvalue weighted by Gasteiger charge is -2.15. The van der Waals surface area contributed by atoms with Crippen molar-refractivity contribution in [2.45, 2.75) is 85.0 Å². The second-order valence-corrected chi connectivity index (χ2v) is 6.06. The molecule has 120 valence electrons. The fourth-order valence-electron chi connectivity index (χ4n) is 2.94. The minimum atomic E-state index is 1.12. The van der Waals surface area contributed by atoms with Crippen LogP contribution < -0.4 is 5.32 Å². The van der Waals surface area contributed by atoms with E-state index in [4.69, 9.17) is 0 Å². The van der Waals surface area contributed by atoms with Crippen LogP contribution in [0.4, 0.5) is 5.69 Å². The van der Waals surface area contributed by atoms with E-state index in [0.29, 0.717) is 0 Å². The molecule has 1 aromatic rings. The maximum atomic E-state index is 3.69. The first kappa shape index (κ1) is 18.1. The van der Waals surface area contributed by atoms with Gasteiger partial charge in [0.1, 0.15) is 0 Å². The molecule has 0 amide bonds. The fraction of sp³-hybridized carbons (Fsp3) is 0.700. The number of unbranched alkanes of at least 4 members (excludes halogenated alkanes) is 7. The summed E-state index contributed by atoms with van der Waals surface area (Å²) in [5.74, 6) is 0. The zero-order chi connectivity index (χ0) is 15.3. The van der Waals surface area contributed by atoms with Gasteiger partial charge in [-0.15, -0.1) is 0 Å². The quantitative estimate of drug-likeness (QED) is 0.441. The van der Waals surface area contributed by atoms with Gasteiger partial charge in [-0.2, -0.15) is 0 Å². The monoisotopic (exact) mass is 289 g/mol. The molecule has 1 nitrogen and oxygen atoms in total. The average Bonchev–Trinajstić information content (AvgIpc) is 2.53. The van der Waals surface area contributed by atoms with E-state index in [1.54, 1.807) is 0 Å². The first-order valence-electron chi connectivity index (χ1n) is 9.18. The summed E-state index contributed by atoms with van der Waals surface area (Å²) < 4.78 is 0. The summed E-state index contributed by atoms with van der Waals surface area (Å²) in [6, 6.07) is 6.71.